The van der Waals surface area contributed by atoms with E-state index in [2.05, 4.69) is 0 Å². The standard InChI is InChI=1S/C21H21NO3/c1-16-13-20(19-11-7-4-8-12-19)22(14-17(2)25-16)21(23)24-15-18-9-5-3-6-10-18/h3-14,20H,15H2,1-2H3. The first-order chi connectivity index (χ1) is 12.1. The van der Waals surface area contributed by atoms with Crippen molar-refractivity contribution >= 4 is 6.09 Å². The molecule has 0 fully saturated rings. The lowest BCUT2D eigenvalue weighted by molar-refractivity contribution is 0.103. The monoisotopic (exact) mass is 335 g/mol. The highest BCUT2D eigenvalue weighted by atomic mass is 16.6. The fraction of sp³-hybridized carbons (Fsp3) is 0.190. The van der Waals surface area contributed by atoms with Gasteiger partial charge in [0.15, 0.2) is 0 Å². The average molecular weight is 335 g/mol. The van der Waals surface area contributed by atoms with Gasteiger partial charge in [-0.15, -0.1) is 0 Å². The van der Waals surface area contributed by atoms with Crippen molar-refractivity contribution < 1.29 is 14.3 Å². The predicted octanol–water partition coefficient (Wildman–Crippen LogP) is 5.16. The summed E-state index contributed by atoms with van der Waals surface area (Å²) in [6, 6.07) is 19.2. The smallest absolute Gasteiger partial charge is 0.415 e. The molecule has 1 aliphatic rings. The fourth-order valence-corrected chi connectivity index (χ4v) is 2.76. The number of hydrogen-bond acceptors (Lipinski definition) is 3. The zero-order valence-corrected chi connectivity index (χ0v) is 14.4. The third-order valence-electron chi connectivity index (χ3n) is 3.89. The second-order valence-corrected chi connectivity index (χ2v) is 5.92. The molecule has 1 atom stereocenters. The molecule has 1 heterocycles. The lowest BCUT2D eigenvalue weighted by Gasteiger charge is -2.25. The van der Waals surface area contributed by atoms with E-state index in [1.54, 1.807) is 11.1 Å². The van der Waals surface area contributed by atoms with Crippen molar-refractivity contribution in [2.45, 2.75) is 26.5 Å². The number of benzene rings is 2. The van der Waals surface area contributed by atoms with Crippen molar-refractivity contribution in [2.24, 2.45) is 0 Å². The normalized spacial score (nSPS) is 17.0. The minimum Gasteiger partial charge on any atom is -0.465 e. The summed E-state index contributed by atoms with van der Waals surface area (Å²) < 4.78 is 11.2. The van der Waals surface area contributed by atoms with Gasteiger partial charge in [0.05, 0.1) is 11.8 Å². The van der Waals surface area contributed by atoms with Gasteiger partial charge >= 0.3 is 6.09 Å². The highest BCUT2D eigenvalue weighted by molar-refractivity contribution is 5.70. The minimum absolute atomic E-state index is 0.230. The van der Waals surface area contributed by atoms with E-state index in [-0.39, 0.29) is 12.6 Å². The lowest BCUT2D eigenvalue weighted by Crippen LogP contribution is -2.30. The van der Waals surface area contributed by atoms with Crippen LogP contribution in [0.25, 0.3) is 0 Å². The van der Waals surface area contributed by atoms with Gasteiger partial charge < -0.3 is 9.47 Å². The van der Waals surface area contributed by atoms with Gasteiger partial charge in [0.1, 0.15) is 12.4 Å². The number of allylic oxidation sites excluding steroid dienone is 2. The summed E-state index contributed by atoms with van der Waals surface area (Å²) in [4.78, 5) is 14.3. The Morgan fingerprint density at radius 1 is 1.00 bits per heavy atom. The summed E-state index contributed by atoms with van der Waals surface area (Å²) in [7, 11) is 0. The number of carbonyl (C=O) groups excluding carboxylic acids is 1. The summed E-state index contributed by atoms with van der Waals surface area (Å²) in [6.07, 6.45) is 3.20. The summed E-state index contributed by atoms with van der Waals surface area (Å²) in [6.45, 7) is 3.93. The Hall–Kier alpha value is -3.01. The number of hydrogen-bond donors (Lipinski definition) is 0. The molecule has 3 rings (SSSR count). The van der Waals surface area contributed by atoms with Crippen LogP contribution in [0.4, 0.5) is 4.79 Å². The molecule has 1 aliphatic heterocycles. The predicted molar refractivity (Wildman–Crippen MR) is 96.2 cm³/mol. The van der Waals surface area contributed by atoms with E-state index in [0.29, 0.717) is 5.76 Å². The van der Waals surface area contributed by atoms with E-state index >= 15 is 0 Å². The van der Waals surface area contributed by atoms with Gasteiger partial charge in [-0.1, -0.05) is 60.7 Å². The molecular formula is C21H21NO3. The first-order valence-corrected chi connectivity index (χ1v) is 8.22. The SMILES string of the molecule is CC1=CC(c2ccccc2)N(C(=O)OCc2ccccc2)C=C(C)O1. The topological polar surface area (TPSA) is 38.8 Å². The summed E-state index contributed by atoms with van der Waals surface area (Å²) in [5.41, 5.74) is 1.94. The highest BCUT2D eigenvalue weighted by Crippen LogP contribution is 2.29. The van der Waals surface area contributed by atoms with Gasteiger partial charge in [-0.05, 0) is 31.1 Å². The van der Waals surface area contributed by atoms with Crippen molar-refractivity contribution in [3.63, 3.8) is 0 Å². The van der Waals surface area contributed by atoms with Crippen molar-refractivity contribution in [2.75, 3.05) is 0 Å². The van der Waals surface area contributed by atoms with Crippen LogP contribution in [-0.2, 0) is 16.1 Å². The van der Waals surface area contributed by atoms with E-state index in [4.69, 9.17) is 9.47 Å². The second kappa shape index (κ2) is 7.71. The molecule has 4 heteroatoms. The Morgan fingerprint density at radius 3 is 2.32 bits per heavy atom. The molecule has 0 bridgehead atoms. The highest BCUT2D eigenvalue weighted by Gasteiger charge is 2.26. The third kappa shape index (κ3) is 4.29. The van der Waals surface area contributed by atoms with E-state index in [1.165, 1.54) is 0 Å². The zero-order chi connectivity index (χ0) is 17.6. The largest absolute Gasteiger partial charge is 0.465 e. The molecule has 0 spiro atoms. The molecule has 2 aromatic rings. The average Bonchev–Trinajstić information content (AvgIpc) is 2.79. The number of nitrogens with zero attached hydrogens (tertiary/aromatic N) is 1. The Bertz CT molecular complexity index is 781. The zero-order valence-electron chi connectivity index (χ0n) is 14.4. The van der Waals surface area contributed by atoms with Gasteiger partial charge in [0.25, 0.3) is 0 Å². The molecular weight excluding hydrogens is 314 g/mol. The minimum atomic E-state index is -0.411. The molecule has 25 heavy (non-hydrogen) atoms. The van der Waals surface area contributed by atoms with Crippen LogP contribution in [0.5, 0.6) is 0 Å². The number of ether oxygens (including phenoxy) is 2. The summed E-state index contributed by atoms with van der Waals surface area (Å²) in [5, 5.41) is 0. The molecule has 1 amide bonds. The van der Waals surface area contributed by atoms with Gasteiger partial charge in [-0.3, -0.25) is 4.90 Å². The molecule has 2 aromatic carbocycles. The van der Waals surface area contributed by atoms with Crippen LogP contribution in [-0.4, -0.2) is 11.0 Å². The number of carbonyl (C=O) groups is 1. The van der Waals surface area contributed by atoms with Gasteiger partial charge in [-0.2, -0.15) is 0 Å². The van der Waals surface area contributed by atoms with E-state index in [9.17, 15) is 4.79 Å². The third-order valence-corrected chi connectivity index (χ3v) is 3.89. The van der Waals surface area contributed by atoms with Gasteiger partial charge in [-0.25, -0.2) is 4.79 Å². The van der Waals surface area contributed by atoms with Crippen molar-refractivity contribution in [3.8, 4) is 0 Å². The maximum Gasteiger partial charge on any atom is 0.415 e. The summed E-state index contributed by atoms with van der Waals surface area (Å²) in [5.74, 6) is 1.39. The molecule has 0 N–H and O–H groups in total. The lowest BCUT2D eigenvalue weighted by atomic mass is 10.1. The van der Waals surface area contributed by atoms with Crippen LogP contribution < -0.4 is 0 Å². The van der Waals surface area contributed by atoms with Gasteiger partial charge in [0, 0.05) is 6.20 Å². The Morgan fingerprint density at radius 2 is 1.64 bits per heavy atom. The number of rotatable bonds is 3. The second-order valence-electron chi connectivity index (χ2n) is 5.92. The first kappa shape index (κ1) is 16.8. The van der Waals surface area contributed by atoms with E-state index in [0.717, 1.165) is 16.9 Å². The van der Waals surface area contributed by atoms with Crippen LogP contribution in [0.3, 0.4) is 0 Å². The van der Waals surface area contributed by atoms with Crippen LogP contribution in [0.15, 0.2) is 84.5 Å². The van der Waals surface area contributed by atoms with Gasteiger partial charge in [0.2, 0.25) is 0 Å². The Labute approximate surface area is 148 Å². The fourth-order valence-electron chi connectivity index (χ4n) is 2.76. The van der Waals surface area contributed by atoms with Crippen LogP contribution in [0.1, 0.15) is 31.0 Å². The van der Waals surface area contributed by atoms with Crippen LogP contribution >= 0.6 is 0 Å². The van der Waals surface area contributed by atoms with Crippen molar-refractivity contribution in [1.29, 1.82) is 0 Å². The molecule has 1 unspecified atom stereocenters. The molecule has 0 aliphatic carbocycles. The summed E-state index contributed by atoms with van der Waals surface area (Å²) >= 11 is 0. The molecule has 0 saturated heterocycles. The van der Waals surface area contributed by atoms with Crippen molar-refractivity contribution in [3.05, 3.63) is 95.6 Å². The first-order valence-electron chi connectivity index (χ1n) is 8.22. The van der Waals surface area contributed by atoms with Crippen LogP contribution in [0, 0.1) is 0 Å². The quantitative estimate of drug-likeness (QED) is 0.777. The number of amides is 1. The Balaban J connectivity index is 1.84. The van der Waals surface area contributed by atoms with Crippen molar-refractivity contribution in [1.82, 2.24) is 4.90 Å². The molecule has 0 radical (unpaired) electrons. The maximum atomic E-state index is 12.7. The Kier molecular flexibility index (Phi) is 5.19. The molecule has 128 valence electrons. The maximum absolute atomic E-state index is 12.7. The molecule has 0 saturated carbocycles. The van der Waals surface area contributed by atoms with Crippen LogP contribution in [0.2, 0.25) is 0 Å². The molecule has 0 aromatic heterocycles. The van der Waals surface area contributed by atoms with E-state index in [1.807, 2.05) is 80.6 Å². The molecule has 4 nitrogen and oxygen atoms in total. The van der Waals surface area contributed by atoms with E-state index < -0.39 is 6.09 Å².